The third-order valence-corrected chi connectivity index (χ3v) is 3.22. The van der Waals surface area contributed by atoms with Crippen LogP contribution in [0.4, 0.5) is 0 Å². The van der Waals surface area contributed by atoms with Crippen LogP contribution in [-0.4, -0.2) is 27.9 Å². The molecule has 0 aliphatic rings. The second-order valence-corrected chi connectivity index (χ2v) is 4.37. The van der Waals surface area contributed by atoms with Crippen molar-refractivity contribution in [2.45, 2.75) is 0 Å². The zero-order valence-electron chi connectivity index (χ0n) is 11.0. The molecule has 0 atom stereocenters. The topological polar surface area (TPSA) is 77.5 Å². The molecule has 0 radical (unpaired) electrons. The first-order valence-corrected chi connectivity index (χ1v) is 5.94. The van der Waals surface area contributed by atoms with E-state index in [-0.39, 0.29) is 5.69 Å². The van der Waals surface area contributed by atoms with Gasteiger partial charge in [-0.3, -0.25) is 0 Å². The highest BCUT2D eigenvalue weighted by Crippen LogP contribution is 2.32. The number of rotatable bonds is 3. The molecular weight excluding hydrogens is 260 g/mol. The van der Waals surface area contributed by atoms with Crippen LogP contribution < -0.4 is 4.74 Å². The van der Waals surface area contributed by atoms with E-state index in [2.05, 4.69) is 5.16 Å². The summed E-state index contributed by atoms with van der Waals surface area (Å²) in [6.45, 7) is 0. The fourth-order valence-corrected chi connectivity index (χ4v) is 2.28. The van der Waals surface area contributed by atoms with E-state index >= 15 is 0 Å². The molecular formula is C14H12N2O4. The molecule has 0 aliphatic heterocycles. The summed E-state index contributed by atoms with van der Waals surface area (Å²) in [6.07, 6.45) is 0. The van der Waals surface area contributed by atoms with Gasteiger partial charge in [-0.05, 0) is 12.1 Å². The number of hydrogen-bond donors (Lipinski definition) is 1. The first kappa shape index (κ1) is 12.3. The fraction of sp³-hybridized carbons (Fsp3) is 0.143. The van der Waals surface area contributed by atoms with Crippen LogP contribution in [0, 0.1) is 0 Å². The monoisotopic (exact) mass is 272 g/mol. The van der Waals surface area contributed by atoms with Gasteiger partial charge < -0.3 is 18.9 Å². The summed E-state index contributed by atoms with van der Waals surface area (Å²) in [5, 5.41) is 13.4. The van der Waals surface area contributed by atoms with Gasteiger partial charge in [-0.2, -0.15) is 0 Å². The van der Waals surface area contributed by atoms with E-state index < -0.39 is 5.97 Å². The summed E-state index contributed by atoms with van der Waals surface area (Å²) in [6, 6.07) is 9.03. The molecule has 2 heterocycles. The maximum atomic E-state index is 10.9. The number of hydrogen-bond acceptors (Lipinski definition) is 4. The average molecular weight is 272 g/mol. The molecule has 0 saturated carbocycles. The van der Waals surface area contributed by atoms with Gasteiger partial charge in [-0.1, -0.05) is 17.3 Å². The third kappa shape index (κ3) is 1.73. The molecule has 0 aliphatic carbocycles. The van der Waals surface area contributed by atoms with Crippen molar-refractivity contribution in [3.63, 3.8) is 0 Å². The van der Waals surface area contributed by atoms with Gasteiger partial charge in [0.15, 0.2) is 11.5 Å². The van der Waals surface area contributed by atoms with Gasteiger partial charge >= 0.3 is 5.97 Å². The van der Waals surface area contributed by atoms with Crippen LogP contribution in [0.15, 0.2) is 34.9 Å². The molecule has 0 unspecified atom stereocenters. The number of ether oxygens (including phenoxy) is 1. The van der Waals surface area contributed by atoms with E-state index in [4.69, 9.17) is 14.4 Å². The minimum Gasteiger partial charge on any atom is -0.495 e. The Morgan fingerprint density at radius 3 is 2.85 bits per heavy atom. The summed E-state index contributed by atoms with van der Waals surface area (Å²) in [5.74, 6) is 0.0359. The highest BCUT2D eigenvalue weighted by Gasteiger charge is 2.17. The molecule has 0 fully saturated rings. The highest BCUT2D eigenvalue weighted by molar-refractivity contribution is 5.91. The summed E-state index contributed by atoms with van der Waals surface area (Å²) in [4.78, 5) is 10.9. The van der Waals surface area contributed by atoms with Crippen LogP contribution in [0.25, 0.3) is 22.4 Å². The van der Waals surface area contributed by atoms with Gasteiger partial charge in [-0.25, -0.2) is 4.79 Å². The van der Waals surface area contributed by atoms with Crippen LogP contribution in [0.1, 0.15) is 10.5 Å². The molecule has 20 heavy (non-hydrogen) atoms. The number of aryl methyl sites for hydroxylation is 1. The maximum Gasteiger partial charge on any atom is 0.358 e. The van der Waals surface area contributed by atoms with Gasteiger partial charge in [0.25, 0.3) is 0 Å². The molecule has 6 nitrogen and oxygen atoms in total. The predicted molar refractivity (Wildman–Crippen MR) is 71.9 cm³/mol. The Bertz CT molecular complexity index is 801. The number of methoxy groups -OCH3 is 1. The molecule has 0 spiro atoms. The van der Waals surface area contributed by atoms with Crippen LogP contribution in [0.3, 0.4) is 0 Å². The number of carboxylic acid groups (broad SMARTS) is 1. The fourth-order valence-electron chi connectivity index (χ4n) is 2.28. The highest BCUT2D eigenvalue weighted by atomic mass is 16.5. The molecule has 0 saturated heterocycles. The van der Waals surface area contributed by atoms with Gasteiger partial charge in [-0.15, -0.1) is 0 Å². The standard InChI is InChI=1S/C14H12N2O4/c1-16-10(12-7-9(14(17)18)15-20-12)6-8-4-3-5-11(19-2)13(8)16/h3-7H,1-2H3,(H,17,18). The number of para-hydroxylation sites is 1. The van der Waals surface area contributed by atoms with E-state index in [1.807, 2.05) is 35.9 Å². The number of nitrogens with zero attached hydrogens (tertiary/aromatic N) is 2. The van der Waals surface area contributed by atoms with Crippen molar-refractivity contribution in [1.82, 2.24) is 9.72 Å². The number of carboxylic acids is 1. The Kier molecular flexibility index (Phi) is 2.71. The molecule has 0 amide bonds. The molecule has 0 bridgehead atoms. The summed E-state index contributed by atoms with van der Waals surface area (Å²) >= 11 is 0. The lowest BCUT2D eigenvalue weighted by molar-refractivity contribution is 0.0686. The van der Waals surface area contributed by atoms with E-state index in [1.165, 1.54) is 6.07 Å². The van der Waals surface area contributed by atoms with Gasteiger partial charge in [0, 0.05) is 18.5 Å². The molecule has 2 aromatic heterocycles. The summed E-state index contributed by atoms with van der Waals surface area (Å²) < 4.78 is 12.3. The number of aromatic nitrogens is 2. The largest absolute Gasteiger partial charge is 0.495 e. The quantitative estimate of drug-likeness (QED) is 0.792. The Morgan fingerprint density at radius 2 is 2.20 bits per heavy atom. The molecule has 1 aromatic carbocycles. The van der Waals surface area contributed by atoms with Gasteiger partial charge in [0.1, 0.15) is 5.75 Å². The Hall–Kier alpha value is -2.76. The molecule has 1 N–H and O–H groups in total. The van der Waals surface area contributed by atoms with Crippen molar-refractivity contribution >= 4 is 16.9 Å². The molecule has 102 valence electrons. The zero-order valence-corrected chi connectivity index (χ0v) is 11.0. The van der Waals surface area contributed by atoms with Gasteiger partial charge in [0.2, 0.25) is 0 Å². The van der Waals surface area contributed by atoms with E-state index in [0.717, 1.165) is 22.3 Å². The first-order chi connectivity index (χ1) is 9.61. The van der Waals surface area contributed by atoms with Crippen molar-refractivity contribution in [2.75, 3.05) is 7.11 Å². The van der Waals surface area contributed by atoms with Crippen LogP contribution in [0.2, 0.25) is 0 Å². The van der Waals surface area contributed by atoms with Gasteiger partial charge in [0.05, 0.1) is 18.3 Å². The molecule has 3 rings (SSSR count). The smallest absolute Gasteiger partial charge is 0.358 e. The normalized spacial score (nSPS) is 10.9. The lowest BCUT2D eigenvalue weighted by atomic mass is 10.2. The van der Waals surface area contributed by atoms with Crippen LogP contribution >= 0.6 is 0 Å². The summed E-state index contributed by atoms with van der Waals surface area (Å²) in [7, 11) is 3.47. The van der Waals surface area contributed by atoms with Crippen molar-refractivity contribution in [2.24, 2.45) is 7.05 Å². The lowest BCUT2D eigenvalue weighted by Crippen LogP contribution is -1.95. The number of carbonyl (C=O) groups is 1. The number of fused-ring (bicyclic) bond motifs is 1. The Morgan fingerprint density at radius 1 is 1.40 bits per heavy atom. The number of benzene rings is 1. The number of aromatic carboxylic acids is 1. The van der Waals surface area contributed by atoms with E-state index in [9.17, 15) is 4.79 Å². The van der Waals surface area contributed by atoms with Crippen molar-refractivity contribution in [3.8, 4) is 17.2 Å². The average Bonchev–Trinajstić information content (AvgIpc) is 3.03. The minimum absolute atomic E-state index is 0.114. The van der Waals surface area contributed by atoms with Crippen LogP contribution in [-0.2, 0) is 7.05 Å². The van der Waals surface area contributed by atoms with Crippen molar-refractivity contribution in [1.29, 1.82) is 0 Å². The molecule has 3 aromatic rings. The second-order valence-electron chi connectivity index (χ2n) is 4.37. The lowest BCUT2D eigenvalue weighted by Gasteiger charge is -2.05. The van der Waals surface area contributed by atoms with E-state index in [1.54, 1.807) is 7.11 Å². The third-order valence-electron chi connectivity index (χ3n) is 3.22. The Balaban J connectivity index is 2.21. The summed E-state index contributed by atoms with van der Waals surface area (Å²) in [5.41, 5.74) is 1.54. The first-order valence-electron chi connectivity index (χ1n) is 5.94. The van der Waals surface area contributed by atoms with Crippen molar-refractivity contribution in [3.05, 3.63) is 36.0 Å². The molecule has 6 heteroatoms. The van der Waals surface area contributed by atoms with E-state index in [0.29, 0.717) is 5.76 Å². The Labute approximate surface area is 114 Å². The second kappa shape index (κ2) is 4.41. The zero-order chi connectivity index (χ0) is 14.3. The minimum atomic E-state index is -1.11. The van der Waals surface area contributed by atoms with Crippen molar-refractivity contribution < 1.29 is 19.2 Å². The van der Waals surface area contributed by atoms with Crippen LogP contribution in [0.5, 0.6) is 5.75 Å². The SMILES string of the molecule is COc1cccc2cc(-c3cc(C(=O)O)no3)n(C)c12. The predicted octanol–water partition coefficient (Wildman–Crippen LogP) is 2.54. The maximum absolute atomic E-state index is 10.9.